The van der Waals surface area contributed by atoms with E-state index in [4.69, 9.17) is 27.9 Å². The van der Waals surface area contributed by atoms with Gasteiger partial charge in [0, 0.05) is 27.7 Å². The lowest BCUT2D eigenvalue weighted by Gasteiger charge is -2.33. The number of carbonyl (C=O) groups excluding carboxylic acids is 2. The van der Waals surface area contributed by atoms with Crippen LogP contribution < -0.4 is 14.4 Å². The molecule has 1 atom stereocenters. The van der Waals surface area contributed by atoms with Crippen molar-refractivity contribution in [1.29, 1.82) is 0 Å². The van der Waals surface area contributed by atoms with Crippen molar-refractivity contribution in [1.82, 2.24) is 10.2 Å². The molecule has 0 spiro atoms. The molecule has 3 aromatic carbocycles. The van der Waals surface area contributed by atoms with Crippen LogP contribution in [-0.4, -0.2) is 50.4 Å². The molecule has 8 nitrogen and oxygen atoms in total. The summed E-state index contributed by atoms with van der Waals surface area (Å²) in [5, 5.41) is 3.51. The summed E-state index contributed by atoms with van der Waals surface area (Å²) in [6.07, 6.45) is 0. The highest BCUT2D eigenvalue weighted by Crippen LogP contribution is 2.29. The molecule has 3 rings (SSSR count). The largest absolute Gasteiger partial charge is 0.497 e. The molecule has 0 unspecified atom stereocenters. The SMILES string of the molecule is COc1ccc(N(CC(=O)N(Cc2c(Cl)cccc2Cl)[C@H](C)C(=O)NC(C)(C)C)S(=O)(=O)c2ccccc2)cc1. The van der Waals surface area contributed by atoms with Crippen molar-refractivity contribution >= 4 is 50.7 Å². The molecule has 11 heteroatoms. The molecule has 0 aliphatic heterocycles. The molecule has 40 heavy (non-hydrogen) atoms. The van der Waals surface area contributed by atoms with E-state index in [1.165, 1.54) is 24.1 Å². The third-order valence-electron chi connectivity index (χ3n) is 6.03. The van der Waals surface area contributed by atoms with Gasteiger partial charge in [-0.3, -0.25) is 13.9 Å². The number of rotatable bonds is 10. The normalized spacial score (nSPS) is 12.4. The Morgan fingerprint density at radius 2 is 1.50 bits per heavy atom. The van der Waals surface area contributed by atoms with Crippen molar-refractivity contribution in [3.05, 3.63) is 88.4 Å². The average molecular weight is 607 g/mol. The Morgan fingerprint density at radius 3 is 2.02 bits per heavy atom. The van der Waals surface area contributed by atoms with Crippen LogP contribution in [0.15, 0.2) is 77.7 Å². The van der Waals surface area contributed by atoms with Gasteiger partial charge in [-0.2, -0.15) is 0 Å². The van der Waals surface area contributed by atoms with Crippen LogP contribution >= 0.6 is 23.2 Å². The second-order valence-electron chi connectivity index (χ2n) is 10.2. The number of sulfonamides is 1. The van der Waals surface area contributed by atoms with Gasteiger partial charge in [0.15, 0.2) is 0 Å². The first kappa shape index (κ1) is 31.3. The summed E-state index contributed by atoms with van der Waals surface area (Å²) in [7, 11) is -2.68. The summed E-state index contributed by atoms with van der Waals surface area (Å²) in [6, 6.07) is 18.1. The minimum atomic E-state index is -4.17. The second-order valence-corrected chi connectivity index (χ2v) is 12.8. The number of hydrogen-bond donors (Lipinski definition) is 1. The summed E-state index contributed by atoms with van der Waals surface area (Å²) >= 11 is 12.8. The molecule has 0 heterocycles. The van der Waals surface area contributed by atoms with Gasteiger partial charge in [0.2, 0.25) is 11.8 Å². The number of anilines is 1. The Hall–Kier alpha value is -3.27. The number of hydrogen-bond acceptors (Lipinski definition) is 5. The zero-order valence-electron chi connectivity index (χ0n) is 23.0. The van der Waals surface area contributed by atoms with Crippen LogP contribution in [0.3, 0.4) is 0 Å². The Balaban J connectivity index is 2.07. The smallest absolute Gasteiger partial charge is 0.264 e. The van der Waals surface area contributed by atoms with E-state index in [-0.39, 0.29) is 17.1 Å². The fraction of sp³-hybridized carbons (Fsp3) is 0.310. The van der Waals surface area contributed by atoms with E-state index >= 15 is 0 Å². The summed E-state index contributed by atoms with van der Waals surface area (Å²) in [5.74, 6) is -0.511. The Kier molecular flexibility index (Phi) is 10.1. The van der Waals surface area contributed by atoms with E-state index in [1.807, 2.05) is 20.8 Å². The standard InChI is InChI=1S/C29H33Cl2N3O5S/c1-20(28(36)32-29(2,3)4)33(18-24-25(30)12-9-13-26(24)31)27(35)19-34(21-14-16-22(39-5)17-15-21)40(37,38)23-10-7-6-8-11-23/h6-17,20H,18-19H2,1-5H3,(H,32,36)/t20-/m1/s1. The van der Waals surface area contributed by atoms with E-state index < -0.39 is 40.0 Å². The molecule has 214 valence electrons. The van der Waals surface area contributed by atoms with E-state index in [0.29, 0.717) is 21.4 Å². The number of methoxy groups -OCH3 is 1. The lowest BCUT2D eigenvalue weighted by molar-refractivity contribution is -0.140. The summed E-state index contributed by atoms with van der Waals surface area (Å²) in [5.41, 5.74) is 0.130. The zero-order valence-corrected chi connectivity index (χ0v) is 25.3. The highest BCUT2D eigenvalue weighted by atomic mass is 35.5. The molecule has 0 saturated carbocycles. The highest BCUT2D eigenvalue weighted by molar-refractivity contribution is 7.92. The number of benzene rings is 3. The lowest BCUT2D eigenvalue weighted by Crippen LogP contribution is -2.54. The van der Waals surface area contributed by atoms with Crippen LogP contribution in [0.2, 0.25) is 10.0 Å². The van der Waals surface area contributed by atoms with E-state index in [0.717, 1.165) is 4.31 Å². The number of carbonyl (C=O) groups is 2. The lowest BCUT2D eigenvalue weighted by atomic mass is 10.1. The average Bonchev–Trinajstić information content (AvgIpc) is 2.90. The minimum Gasteiger partial charge on any atom is -0.497 e. The first-order valence-electron chi connectivity index (χ1n) is 12.5. The van der Waals surface area contributed by atoms with Crippen molar-refractivity contribution in [3.8, 4) is 5.75 Å². The highest BCUT2D eigenvalue weighted by Gasteiger charge is 2.34. The van der Waals surface area contributed by atoms with E-state index in [2.05, 4.69) is 5.32 Å². The van der Waals surface area contributed by atoms with Gasteiger partial charge in [0.1, 0.15) is 18.3 Å². The van der Waals surface area contributed by atoms with Crippen LogP contribution in [0.1, 0.15) is 33.3 Å². The summed E-state index contributed by atoms with van der Waals surface area (Å²) < 4.78 is 33.8. The predicted octanol–water partition coefficient (Wildman–Crippen LogP) is 5.53. The maximum atomic E-state index is 14.0. The van der Waals surface area contributed by atoms with E-state index in [9.17, 15) is 18.0 Å². The molecule has 3 aromatic rings. The van der Waals surface area contributed by atoms with Crippen molar-refractivity contribution in [2.24, 2.45) is 0 Å². The van der Waals surface area contributed by atoms with Crippen LogP contribution in [0, 0.1) is 0 Å². The van der Waals surface area contributed by atoms with Crippen molar-refractivity contribution in [2.75, 3.05) is 18.0 Å². The molecule has 0 aromatic heterocycles. The Morgan fingerprint density at radius 1 is 0.925 bits per heavy atom. The Labute approximate surface area is 245 Å². The van der Waals surface area contributed by atoms with Gasteiger partial charge < -0.3 is 15.0 Å². The van der Waals surface area contributed by atoms with Gasteiger partial charge in [-0.15, -0.1) is 0 Å². The van der Waals surface area contributed by atoms with Gasteiger partial charge in [0.05, 0.1) is 17.7 Å². The van der Waals surface area contributed by atoms with Crippen molar-refractivity contribution in [3.63, 3.8) is 0 Å². The Bertz CT molecular complexity index is 1420. The quantitative estimate of drug-likeness (QED) is 0.328. The van der Waals surface area contributed by atoms with Crippen LogP contribution in [0.4, 0.5) is 5.69 Å². The van der Waals surface area contributed by atoms with Gasteiger partial charge >= 0.3 is 0 Å². The molecule has 2 amide bonds. The maximum Gasteiger partial charge on any atom is 0.264 e. The first-order valence-corrected chi connectivity index (χ1v) is 14.7. The van der Waals surface area contributed by atoms with Gasteiger partial charge in [0.25, 0.3) is 10.0 Å². The monoisotopic (exact) mass is 605 g/mol. The maximum absolute atomic E-state index is 14.0. The number of nitrogens with one attached hydrogen (secondary N) is 1. The topological polar surface area (TPSA) is 96.0 Å². The molecule has 0 saturated heterocycles. The second kappa shape index (κ2) is 12.9. The zero-order chi connectivity index (χ0) is 29.7. The molecule has 0 aliphatic carbocycles. The molecule has 0 fully saturated rings. The predicted molar refractivity (Wildman–Crippen MR) is 158 cm³/mol. The number of amides is 2. The third kappa shape index (κ3) is 7.68. The van der Waals surface area contributed by atoms with Gasteiger partial charge in [-0.1, -0.05) is 47.5 Å². The van der Waals surface area contributed by atoms with E-state index in [1.54, 1.807) is 67.6 Å². The first-order chi connectivity index (χ1) is 18.7. The van der Waals surface area contributed by atoms with Crippen LogP contribution in [-0.2, 0) is 26.2 Å². The third-order valence-corrected chi connectivity index (χ3v) is 8.52. The summed E-state index contributed by atoms with van der Waals surface area (Å²) in [6.45, 7) is 6.36. The summed E-state index contributed by atoms with van der Waals surface area (Å²) in [4.78, 5) is 28.5. The fourth-order valence-corrected chi connectivity index (χ4v) is 5.86. The number of nitrogens with zero attached hydrogens (tertiary/aromatic N) is 2. The molecule has 0 radical (unpaired) electrons. The van der Waals surface area contributed by atoms with Crippen molar-refractivity contribution < 1.29 is 22.7 Å². The molecule has 1 N–H and O–H groups in total. The minimum absolute atomic E-state index is 0.0119. The molecule has 0 aliphatic rings. The molecular formula is C29H33Cl2N3O5S. The van der Waals surface area contributed by atoms with Crippen molar-refractivity contribution in [2.45, 2.75) is 50.7 Å². The number of ether oxygens (including phenoxy) is 1. The van der Waals surface area contributed by atoms with Crippen LogP contribution in [0.5, 0.6) is 5.75 Å². The number of halogens is 2. The molecular weight excluding hydrogens is 573 g/mol. The molecule has 0 bridgehead atoms. The van der Waals surface area contributed by atoms with Gasteiger partial charge in [-0.05, 0) is 76.2 Å². The fourth-order valence-electron chi connectivity index (χ4n) is 3.91. The van der Waals surface area contributed by atoms with Crippen LogP contribution in [0.25, 0.3) is 0 Å². The van der Waals surface area contributed by atoms with Gasteiger partial charge in [-0.25, -0.2) is 8.42 Å².